The van der Waals surface area contributed by atoms with Crippen LogP contribution in [0.5, 0.6) is 5.75 Å². The van der Waals surface area contributed by atoms with Crippen LogP contribution in [0, 0.1) is 5.92 Å². The SMILES string of the molecule is CC(=O)Nc1ccc(CN2CCOc3ccc(C(O)C4CCCCC4)cc3C2)s1. The van der Waals surface area contributed by atoms with Gasteiger partial charge in [0.25, 0.3) is 0 Å². The number of aliphatic hydroxyl groups is 1. The molecular formula is C23H30N2O3S. The first kappa shape index (κ1) is 20.4. The molecule has 0 radical (unpaired) electrons. The van der Waals surface area contributed by atoms with Gasteiger partial charge in [0, 0.05) is 37.0 Å². The lowest BCUT2D eigenvalue weighted by Crippen LogP contribution is -2.24. The molecule has 1 aromatic carbocycles. The standard InChI is InChI=1S/C23H30N2O3S/c1-16(26)24-22-10-8-20(29-22)15-25-11-12-28-21-9-7-18(13-19(21)14-25)23(27)17-5-3-2-4-6-17/h7-10,13,17,23,27H,2-6,11-12,14-15H2,1H3,(H,24,26). The van der Waals surface area contributed by atoms with Crippen LogP contribution in [0.15, 0.2) is 30.3 Å². The van der Waals surface area contributed by atoms with Crippen molar-refractivity contribution in [2.45, 2.75) is 58.2 Å². The fourth-order valence-corrected chi connectivity index (χ4v) is 5.43. The number of carbonyl (C=O) groups excluding carboxylic acids is 1. The van der Waals surface area contributed by atoms with Gasteiger partial charge in [-0.1, -0.05) is 25.3 Å². The molecule has 1 amide bonds. The highest BCUT2D eigenvalue weighted by molar-refractivity contribution is 7.16. The number of fused-ring (bicyclic) bond motifs is 1. The van der Waals surface area contributed by atoms with Gasteiger partial charge in [-0.15, -0.1) is 11.3 Å². The van der Waals surface area contributed by atoms with Gasteiger partial charge in [0.2, 0.25) is 5.91 Å². The summed E-state index contributed by atoms with van der Waals surface area (Å²) in [7, 11) is 0. The molecule has 2 aliphatic rings. The number of ether oxygens (including phenoxy) is 1. The molecule has 29 heavy (non-hydrogen) atoms. The van der Waals surface area contributed by atoms with E-state index in [1.165, 1.54) is 31.1 Å². The van der Waals surface area contributed by atoms with E-state index in [2.05, 4.69) is 22.3 Å². The molecule has 0 spiro atoms. The van der Waals surface area contributed by atoms with Crippen molar-refractivity contribution in [3.05, 3.63) is 46.3 Å². The molecule has 1 fully saturated rings. The Hall–Kier alpha value is -1.89. The van der Waals surface area contributed by atoms with Crippen LogP contribution in [0.2, 0.25) is 0 Å². The quantitative estimate of drug-likeness (QED) is 0.743. The molecule has 5 nitrogen and oxygen atoms in total. The van der Waals surface area contributed by atoms with Crippen molar-refractivity contribution in [3.63, 3.8) is 0 Å². The average Bonchev–Trinajstić information content (AvgIpc) is 3.04. The lowest BCUT2D eigenvalue weighted by atomic mass is 9.82. The minimum atomic E-state index is -0.380. The van der Waals surface area contributed by atoms with E-state index in [1.54, 1.807) is 11.3 Å². The largest absolute Gasteiger partial charge is 0.492 e. The first-order valence-electron chi connectivity index (χ1n) is 10.6. The minimum Gasteiger partial charge on any atom is -0.492 e. The monoisotopic (exact) mass is 414 g/mol. The molecule has 1 atom stereocenters. The minimum absolute atomic E-state index is 0.0421. The molecule has 1 aromatic heterocycles. The number of hydrogen-bond acceptors (Lipinski definition) is 5. The fourth-order valence-electron chi connectivity index (χ4n) is 4.43. The third-order valence-corrected chi connectivity index (χ3v) is 6.91. The van der Waals surface area contributed by atoms with E-state index in [1.807, 2.05) is 18.2 Å². The van der Waals surface area contributed by atoms with E-state index >= 15 is 0 Å². The number of nitrogens with one attached hydrogen (secondary N) is 1. The average molecular weight is 415 g/mol. The third kappa shape index (κ3) is 5.18. The molecule has 2 N–H and O–H groups in total. The number of benzene rings is 1. The molecule has 0 saturated heterocycles. The summed E-state index contributed by atoms with van der Waals surface area (Å²) in [6.07, 6.45) is 5.61. The van der Waals surface area contributed by atoms with Gasteiger partial charge in [0.15, 0.2) is 0 Å². The van der Waals surface area contributed by atoms with E-state index in [-0.39, 0.29) is 12.0 Å². The number of anilines is 1. The predicted molar refractivity (Wildman–Crippen MR) is 116 cm³/mol. The molecule has 0 bridgehead atoms. The van der Waals surface area contributed by atoms with Crippen molar-refractivity contribution in [1.82, 2.24) is 4.90 Å². The molecule has 1 saturated carbocycles. The summed E-state index contributed by atoms with van der Waals surface area (Å²) in [5.41, 5.74) is 2.17. The number of carbonyl (C=O) groups is 1. The predicted octanol–water partition coefficient (Wildman–Crippen LogP) is 4.71. The molecule has 1 aliphatic carbocycles. The highest BCUT2D eigenvalue weighted by atomic mass is 32.1. The van der Waals surface area contributed by atoms with E-state index in [4.69, 9.17) is 4.74 Å². The smallest absolute Gasteiger partial charge is 0.221 e. The van der Waals surface area contributed by atoms with Crippen LogP contribution in [-0.2, 0) is 17.9 Å². The number of aliphatic hydroxyl groups excluding tert-OH is 1. The van der Waals surface area contributed by atoms with E-state index in [0.29, 0.717) is 12.5 Å². The van der Waals surface area contributed by atoms with Crippen LogP contribution in [0.4, 0.5) is 5.00 Å². The molecule has 1 unspecified atom stereocenters. The van der Waals surface area contributed by atoms with E-state index in [9.17, 15) is 9.90 Å². The number of thiophene rings is 1. The Morgan fingerprint density at radius 3 is 2.90 bits per heavy atom. The maximum Gasteiger partial charge on any atom is 0.221 e. The van der Waals surface area contributed by atoms with Gasteiger partial charge in [0.05, 0.1) is 11.1 Å². The Morgan fingerprint density at radius 1 is 1.28 bits per heavy atom. The molecule has 4 rings (SSSR count). The number of hydrogen-bond donors (Lipinski definition) is 2. The van der Waals surface area contributed by atoms with Crippen molar-refractivity contribution < 1.29 is 14.6 Å². The lowest BCUT2D eigenvalue weighted by molar-refractivity contribution is -0.114. The van der Waals surface area contributed by atoms with Crippen molar-refractivity contribution in [2.75, 3.05) is 18.5 Å². The first-order valence-corrected chi connectivity index (χ1v) is 11.4. The van der Waals surface area contributed by atoms with Crippen LogP contribution in [0.1, 0.15) is 61.1 Å². The highest BCUT2D eigenvalue weighted by Gasteiger charge is 2.25. The van der Waals surface area contributed by atoms with Gasteiger partial charge >= 0.3 is 0 Å². The maximum absolute atomic E-state index is 11.2. The highest BCUT2D eigenvalue weighted by Crippen LogP contribution is 2.36. The van der Waals surface area contributed by atoms with Gasteiger partial charge in [0.1, 0.15) is 12.4 Å². The van der Waals surface area contributed by atoms with Crippen molar-refractivity contribution in [1.29, 1.82) is 0 Å². The molecule has 6 heteroatoms. The maximum atomic E-state index is 11.2. The molecule has 2 aromatic rings. The van der Waals surface area contributed by atoms with Crippen molar-refractivity contribution >= 4 is 22.2 Å². The van der Waals surface area contributed by atoms with Crippen molar-refractivity contribution in [3.8, 4) is 5.75 Å². The third-order valence-electron chi connectivity index (χ3n) is 5.92. The lowest BCUT2D eigenvalue weighted by Gasteiger charge is -2.27. The summed E-state index contributed by atoms with van der Waals surface area (Å²) >= 11 is 1.62. The van der Waals surface area contributed by atoms with Crippen LogP contribution >= 0.6 is 11.3 Å². The van der Waals surface area contributed by atoms with Gasteiger partial charge < -0.3 is 15.2 Å². The van der Waals surface area contributed by atoms with Gasteiger partial charge in [-0.2, -0.15) is 0 Å². The summed E-state index contributed by atoms with van der Waals surface area (Å²) in [5.74, 6) is 1.26. The topological polar surface area (TPSA) is 61.8 Å². The molecule has 2 heterocycles. The molecule has 156 valence electrons. The summed E-state index contributed by atoms with van der Waals surface area (Å²) in [6.45, 7) is 4.65. The Labute approximate surface area is 176 Å². The van der Waals surface area contributed by atoms with Gasteiger partial charge in [-0.25, -0.2) is 0 Å². The summed E-state index contributed by atoms with van der Waals surface area (Å²) in [4.78, 5) is 14.8. The summed E-state index contributed by atoms with van der Waals surface area (Å²) in [6, 6.07) is 10.2. The molecular weight excluding hydrogens is 384 g/mol. The zero-order chi connectivity index (χ0) is 20.2. The first-order chi connectivity index (χ1) is 14.1. The normalized spacial score (nSPS) is 19.1. The fraction of sp³-hybridized carbons (Fsp3) is 0.522. The second-order valence-electron chi connectivity index (χ2n) is 8.22. The summed E-state index contributed by atoms with van der Waals surface area (Å²) in [5, 5.41) is 14.6. The Kier molecular flexibility index (Phi) is 6.53. The van der Waals surface area contributed by atoms with Crippen LogP contribution in [-0.4, -0.2) is 29.1 Å². The van der Waals surface area contributed by atoms with Gasteiger partial charge in [-0.3, -0.25) is 9.69 Å². The van der Waals surface area contributed by atoms with E-state index in [0.717, 1.165) is 54.4 Å². The second-order valence-corrected chi connectivity index (χ2v) is 9.38. The molecule has 1 aliphatic heterocycles. The summed E-state index contributed by atoms with van der Waals surface area (Å²) < 4.78 is 5.98. The zero-order valence-electron chi connectivity index (χ0n) is 17.0. The number of rotatable bonds is 5. The van der Waals surface area contributed by atoms with Crippen molar-refractivity contribution in [2.24, 2.45) is 5.92 Å². The van der Waals surface area contributed by atoms with Crippen LogP contribution in [0.3, 0.4) is 0 Å². The Bertz CT molecular complexity index is 844. The zero-order valence-corrected chi connectivity index (χ0v) is 17.8. The Balaban J connectivity index is 1.45. The van der Waals surface area contributed by atoms with Crippen LogP contribution in [0.25, 0.3) is 0 Å². The Morgan fingerprint density at radius 2 is 2.10 bits per heavy atom. The number of nitrogens with zero attached hydrogens (tertiary/aromatic N) is 1. The second kappa shape index (κ2) is 9.28. The van der Waals surface area contributed by atoms with Crippen LogP contribution < -0.4 is 10.1 Å². The number of amides is 1. The van der Waals surface area contributed by atoms with E-state index < -0.39 is 0 Å². The van der Waals surface area contributed by atoms with Gasteiger partial charge in [-0.05, 0) is 48.6 Å².